The molecule has 0 bridgehead atoms. The van der Waals surface area contributed by atoms with Crippen molar-refractivity contribution >= 4 is 6.08 Å². The fourth-order valence-corrected chi connectivity index (χ4v) is 5.08. The predicted molar refractivity (Wildman–Crippen MR) is 101 cm³/mol. The average Bonchev–Trinajstić information content (AvgIpc) is 2.66. The maximum atomic E-state index is 13.3. The zero-order valence-corrected chi connectivity index (χ0v) is 15.8. The summed E-state index contributed by atoms with van der Waals surface area (Å²) < 4.78 is 39.6. The van der Waals surface area contributed by atoms with Crippen LogP contribution in [0.2, 0.25) is 0 Å². The summed E-state index contributed by atoms with van der Waals surface area (Å²) >= 11 is 0. The molecule has 26 heavy (non-hydrogen) atoms. The summed E-state index contributed by atoms with van der Waals surface area (Å²) in [6.07, 6.45) is 17.0. The molecule has 0 atom stereocenters. The number of rotatable bonds is 5. The van der Waals surface area contributed by atoms with Crippen molar-refractivity contribution in [1.82, 2.24) is 0 Å². The van der Waals surface area contributed by atoms with Gasteiger partial charge < -0.3 is 0 Å². The molecule has 2 aliphatic rings. The van der Waals surface area contributed by atoms with Crippen LogP contribution in [0.25, 0.3) is 6.08 Å². The molecule has 0 spiro atoms. The minimum absolute atomic E-state index is 0.401. The third kappa shape index (κ3) is 4.92. The van der Waals surface area contributed by atoms with E-state index in [1.807, 2.05) is 0 Å². The monoisotopic (exact) mass is 364 g/mol. The maximum absolute atomic E-state index is 13.3. The van der Waals surface area contributed by atoms with Crippen molar-refractivity contribution in [3.8, 4) is 0 Å². The molecule has 0 saturated heterocycles. The van der Waals surface area contributed by atoms with Crippen molar-refractivity contribution in [2.75, 3.05) is 0 Å². The highest BCUT2D eigenvalue weighted by Gasteiger charge is 2.30. The molecule has 0 heterocycles. The fraction of sp³-hybridized carbons (Fsp3) is 0.652. The summed E-state index contributed by atoms with van der Waals surface area (Å²) in [5.41, 5.74) is 0.401. The molecule has 2 aliphatic carbocycles. The number of halogens is 3. The molecule has 2 saturated carbocycles. The molecular formula is C23H31F3. The van der Waals surface area contributed by atoms with Crippen molar-refractivity contribution in [2.24, 2.45) is 23.7 Å². The van der Waals surface area contributed by atoms with E-state index in [-0.39, 0.29) is 0 Å². The Bertz CT molecular complexity index is 583. The molecule has 0 radical (unpaired) electrons. The van der Waals surface area contributed by atoms with Crippen LogP contribution in [0.3, 0.4) is 0 Å². The van der Waals surface area contributed by atoms with Gasteiger partial charge >= 0.3 is 0 Å². The topological polar surface area (TPSA) is 0 Å². The normalized spacial score (nSPS) is 30.0. The highest BCUT2D eigenvalue weighted by atomic mass is 19.2. The zero-order valence-electron chi connectivity index (χ0n) is 15.8. The van der Waals surface area contributed by atoms with Crippen molar-refractivity contribution in [1.29, 1.82) is 0 Å². The molecule has 0 aromatic heterocycles. The van der Waals surface area contributed by atoms with Gasteiger partial charge in [-0.05, 0) is 79.9 Å². The van der Waals surface area contributed by atoms with Crippen LogP contribution < -0.4 is 0 Å². The van der Waals surface area contributed by atoms with Gasteiger partial charge in [-0.2, -0.15) is 0 Å². The molecule has 0 unspecified atom stereocenters. The first kappa shape index (κ1) is 19.5. The first-order valence-corrected chi connectivity index (χ1v) is 10.4. The summed E-state index contributed by atoms with van der Waals surface area (Å²) in [6, 6.07) is 2.13. The van der Waals surface area contributed by atoms with Crippen molar-refractivity contribution in [3.05, 3.63) is 41.2 Å². The second-order valence-corrected chi connectivity index (χ2v) is 8.40. The lowest BCUT2D eigenvalue weighted by Gasteiger charge is -2.37. The lowest BCUT2D eigenvalue weighted by molar-refractivity contribution is 0.152. The van der Waals surface area contributed by atoms with Crippen LogP contribution in [-0.4, -0.2) is 0 Å². The Morgan fingerprint density at radius 3 is 1.92 bits per heavy atom. The zero-order chi connectivity index (χ0) is 18.5. The third-order valence-electron chi connectivity index (χ3n) is 6.64. The van der Waals surface area contributed by atoms with Crippen molar-refractivity contribution in [2.45, 2.75) is 71.1 Å². The fourth-order valence-electron chi connectivity index (χ4n) is 5.08. The van der Waals surface area contributed by atoms with E-state index in [4.69, 9.17) is 0 Å². The van der Waals surface area contributed by atoms with Gasteiger partial charge in [0.25, 0.3) is 0 Å². The Morgan fingerprint density at radius 2 is 1.38 bits per heavy atom. The minimum Gasteiger partial charge on any atom is -0.204 e. The van der Waals surface area contributed by atoms with Crippen molar-refractivity contribution < 1.29 is 13.2 Å². The van der Waals surface area contributed by atoms with E-state index in [1.165, 1.54) is 51.4 Å². The van der Waals surface area contributed by atoms with E-state index in [0.717, 1.165) is 42.7 Å². The highest BCUT2D eigenvalue weighted by Crippen LogP contribution is 2.42. The molecule has 2 fully saturated rings. The Hall–Kier alpha value is -1.25. The molecule has 0 nitrogen and oxygen atoms in total. The molecule has 1 aromatic carbocycles. The number of allylic oxidation sites excluding steroid dienone is 1. The third-order valence-corrected chi connectivity index (χ3v) is 6.64. The second kappa shape index (κ2) is 9.10. The van der Waals surface area contributed by atoms with E-state index in [0.29, 0.717) is 11.5 Å². The summed E-state index contributed by atoms with van der Waals surface area (Å²) in [4.78, 5) is 0. The maximum Gasteiger partial charge on any atom is 0.194 e. The van der Waals surface area contributed by atoms with E-state index >= 15 is 0 Å². The van der Waals surface area contributed by atoms with Crippen molar-refractivity contribution in [3.63, 3.8) is 0 Å². The Labute approximate surface area is 155 Å². The first-order chi connectivity index (χ1) is 12.6. The smallest absolute Gasteiger partial charge is 0.194 e. The van der Waals surface area contributed by atoms with Gasteiger partial charge in [-0.15, -0.1) is 0 Å². The number of hydrogen-bond donors (Lipinski definition) is 0. The minimum atomic E-state index is -1.39. The van der Waals surface area contributed by atoms with Gasteiger partial charge in [0.2, 0.25) is 0 Å². The van der Waals surface area contributed by atoms with E-state index in [9.17, 15) is 13.2 Å². The largest absolute Gasteiger partial charge is 0.204 e. The van der Waals surface area contributed by atoms with E-state index < -0.39 is 17.5 Å². The highest BCUT2D eigenvalue weighted by molar-refractivity contribution is 5.49. The van der Waals surface area contributed by atoms with Gasteiger partial charge in [0.1, 0.15) is 0 Å². The summed E-state index contributed by atoms with van der Waals surface area (Å²) in [5, 5.41) is 0. The van der Waals surface area contributed by atoms with Gasteiger partial charge in [0, 0.05) is 0 Å². The Morgan fingerprint density at radius 1 is 0.846 bits per heavy atom. The molecular weight excluding hydrogens is 333 g/mol. The van der Waals surface area contributed by atoms with Crippen LogP contribution in [0.4, 0.5) is 13.2 Å². The number of hydrogen-bond acceptors (Lipinski definition) is 0. The molecule has 3 heteroatoms. The van der Waals surface area contributed by atoms with Crippen LogP contribution in [0.15, 0.2) is 18.2 Å². The lowest BCUT2D eigenvalue weighted by atomic mass is 9.68. The molecule has 0 aliphatic heterocycles. The van der Waals surface area contributed by atoms with Gasteiger partial charge in [-0.1, -0.05) is 44.8 Å². The Kier molecular flexibility index (Phi) is 6.83. The standard InChI is InChI=1S/C23H31F3/c1-2-3-16-6-10-19(11-7-16)20-12-8-17(9-13-20)4-5-18-14-21(24)23(26)22(25)15-18/h4-5,14-17,19-20H,2-3,6-13H2,1H3/b5-4+. The van der Waals surface area contributed by atoms with Gasteiger partial charge in [-0.3, -0.25) is 0 Å². The van der Waals surface area contributed by atoms with Crippen LogP contribution >= 0.6 is 0 Å². The molecule has 0 amide bonds. The average molecular weight is 364 g/mol. The SMILES string of the molecule is CCCC1CCC(C2CCC(/C=C/c3cc(F)c(F)c(F)c3)CC2)CC1. The van der Waals surface area contributed by atoms with Crippen LogP contribution in [0.1, 0.15) is 76.7 Å². The van der Waals surface area contributed by atoms with Crippen LogP contribution in [-0.2, 0) is 0 Å². The summed E-state index contributed by atoms with van der Waals surface area (Å²) in [5.74, 6) is -0.419. The molecule has 0 N–H and O–H groups in total. The lowest BCUT2D eigenvalue weighted by Crippen LogP contribution is -2.25. The molecule has 3 rings (SSSR count). The van der Waals surface area contributed by atoms with Crippen LogP contribution in [0.5, 0.6) is 0 Å². The molecule has 1 aromatic rings. The summed E-state index contributed by atoms with van der Waals surface area (Å²) in [7, 11) is 0. The van der Waals surface area contributed by atoms with E-state index in [1.54, 1.807) is 6.08 Å². The Balaban J connectivity index is 1.47. The van der Waals surface area contributed by atoms with Gasteiger partial charge in [0.15, 0.2) is 17.5 Å². The van der Waals surface area contributed by atoms with Crippen LogP contribution in [0, 0.1) is 41.1 Å². The van der Waals surface area contributed by atoms with Gasteiger partial charge in [0.05, 0.1) is 0 Å². The van der Waals surface area contributed by atoms with E-state index in [2.05, 4.69) is 13.0 Å². The second-order valence-electron chi connectivity index (χ2n) is 8.40. The molecule has 144 valence electrons. The quantitative estimate of drug-likeness (QED) is 0.474. The number of benzene rings is 1. The first-order valence-electron chi connectivity index (χ1n) is 10.4. The summed E-state index contributed by atoms with van der Waals surface area (Å²) in [6.45, 7) is 2.29. The predicted octanol–water partition coefficient (Wildman–Crippen LogP) is 7.53. The van der Waals surface area contributed by atoms with Gasteiger partial charge in [-0.25, -0.2) is 13.2 Å².